The zero-order chi connectivity index (χ0) is 31.2. The van der Waals surface area contributed by atoms with Crippen molar-refractivity contribution in [3.63, 3.8) is 0 Å². The van der Waals surface area contributed by atoms with Gasteiger partial charge in [0, 0.05) is 0 Å². The van der Waals surface area contributed by atoms with Crippen LogP contribution < -0.4 is 0 Å². The summed E-state index contributed by atoms with van der Waals surface area (Å²) in [5, 5.41) is 114. The molecule has 0 aliphatic carbocycles. The molecule has 4 aliphatic rings. The Labute approximate surface area is 240 Å². The van der Waals surface area contributed by atoms with E-state index in [4.69, 9.17) is 33.2 Å². The molecule has 4 saturated heterocycles. The van der Waals surface area contributed by atoms with E-state index in [1.54, 1.807) is 0 Å². The first kappa shape index (κ1) is 34.2. The van der Waals surface area contributed by atoms with Crippen molar-refractivity contribution in [3.05, 3.63) is 0 Å². The van der Waals surface area contributed by atoms with Crippen molar-refractivity contribution in [2.45, 2.75) is 144 Å². The number of rotatable bonds is 7. The van der Waals surface area contributed by atoms with E-state index in [1.807, 2.05) is 0 Å². The van der Waals surface area contributed by atoms with Gasteiger partial charge < -0.3 is 89.3 Å². The van der Waals surface area contributed by atoms with Gasteiger partial charge in [-0.05, 0) is 20.8 Å². The van der Waals surface area contributed by atoms with E-state index in [2.05, 4.69) is 0 Å². The van der Waals surface area contributed by atoms with Crippen molar-refractivity contribution in [1.82, 2.24) is 0 Å². The Kier molecular flexibility index (Phi) is 11.2. The second-order valence-electron chi connectivity index (χ2n) is 11.1. The molecule has 0 amide bonds. The van der Waals surface area contributed by atoms with Gasteiger partial charge in [0.2, 0.25) is 0 Å². The summed E-state index contributed by atoms with van der Waals surface area (Å²) in [7, 11) is 0. The van der Waals surface area contributed by atoms with Crippen LogP contribution in [0.25, 0.3) is 0 Å². The summed E-state index contributed by atoms with van der Waals surface area (Å²) in [5.74, 6) is 0. The second-order valence-corrected chi connectivity index (χ2v) is 11.1. The number of hydrogen-bond acceptors (Lipinski definition) is 18. The van der Waals surface area contributed by atoms with Gasteiger partial charge in [-0.25, -0.2) is 0 Å². The molecule has 20 atom stereocenters. The SMILES string of the molecule is C[C@@H]1OC(O)[C@H](O[C@@H]2O[C@@H](C)[C@H](O)[C@@H](O[C@@H]3O[C@@H](C)[C@H](O)[C@@H](O[C@@H]4O[C@H](CO)[C@H](O)[C@H](O)[C@H]4O)[C@H]3O)[C@H]2O)[C@H](O)[C@H]1O. The lowest BCUT2D eigenvalue weighted by molar-refractivity contribution is -0.387. The van der Waals surface area contributed by atoms with Crippen LogP contribution in [0.3, 0.4) is 0 Å². The molecule has 0 saturated carbocycles. The van der Waals surface area contributed by atoms with Gasteiger partial charge in [0.15, 0.2) is 25.2 Å². The standard InChI is InChI=1S/C24H42O18/c1-5-9(26)14(31)20(21(35)36-5)42-24-17(34)19(11(28)7(3)38-24)41-23-16(33)18(10(27)6(2)37-23)40-22-15(32)13(30)12(29)8(4-25)39-22/h5-35H,4H2,1-3H3/t5-,6-,7-,8+,9-,10-,11-,12-,13-,14+,15+,16+,17+,18+,19+,20+,21?,22-,23-,24-/m0/s1. The third-order valence-electron chi connectivity index (χ3n) is 8.09. The number of hydrogen-bond donors (Lipinski definition) is 11. The molecule has 1 unspecified atom stereocenters. The fourth-order valence-electron chi connectivity index (χ4n) is 5.35. The van der Waals surface area contributed by atoms with Gasteiger partial charge in [0.1, 0.15) is 79.4 Å². The molecule has 4 aliphatic heterocycles. The maximum atomic E-state index is 11.0. The van der Waals surface area contributed by atoms with Gasteiger partial charge in [-0.3, -0.25) is 0 Å². The maximum Gasteiger partial charge on any atom is 0.187 e. The average molecular weight is 619 g/mol. The van der Waals surface area contributed by atoms with Crippen molar-refractivity contribution in [3.8, 4) is 0 Å². The maximum absolute atomic E-state index is 11.0. The first-order valence-electron chi connectivity index (χ1n) is 13.7. The molecule has 42 heavy (non-hydrogen) atoms. The molecular formula is C24H42O18. The highest BCUT2D eigenvalue weighted by Crippen LogP contribution is 2.34. The molecule has 18 heteroatoms. The third kappa shape index (κ3) is 6.62. The summed E-state index contributed by atoms with van der Waals surface area (Å²) in [4.78, 5) is 0. The minimum absolute atomic E-state index is 0.744. The Bertz CT molecular complexity index is 867. The van der Waals surface area contributed by atoms with Crippen molar-refractivity contribution in [2.75, 3.05) is 6.61 Å². The predicted molar refractivity (Wildman–Crippen MR) is 130 cm³/mol. The number of ether oxygens (including phenoxy) is 7. The fourth-order valence-corrected chi connectivity index (χ4v) is 5.35. The molecule has 0 bridgehead atoms. The molecule has 0 radical (unpaired) electrons. The molecular weight excluding hydrogens is 576 g/mol. The molecule has 0 spiro atoms. The monoisotopic (exact) mass is 618 g/mol. The number of aliphatic hydroxyl groups excluding tert-OH is 11. The van der Waals surface area contributed by atoms with Crippen LogP contribution in [-0.4, -0.2) is 186 Å². The van der Waals surface area contributed by atoms with Crippen molar-refractivity contribution < 1.29 is 89.3 Å². The largest absolute Gasteiger partial charge is 0.394 e. The van der Waals surface area contributed by atoms with Crippen LogP contribution in [0.15, 0.2) is 0 Å². The summed E-state index contributed by atoms with van der Waals surface area (Å²) in [6, 6.07) is 0. The van der Waals surface area contributed by atoms with E-state index >= 15 is 0 Å². The molecule has 11 N–H and O–H groups in total. The molecule has 246 valence electrons. The smallest absolute Gasteiger partial charge is 0.187 e. The quantitative estimate of drug-likeness (QED) is 0.126. The molecule has 0 aromatic heterocycles. The Hall–Kier alpha value is -0.720. The number of aliphatic hydroxyl groups is 11. The van der Waals surface area contributed by atoms with Crippen molar-refractivity contribution in [1.29, 1.82) is 0 Å². The lowest BCUT2D eigenvalue weighted by Gasteiger charge is -2.48. The highest BCUT2D eigenvalue weighted by Gasteiger charge is 2.54. The van der Waals surface area contributed by atoms with Crippen LogP contribution in [0.4, 0.5) is 0 Å². The normalized spacial score (nSPS) is 55.9. The van der Waals surface area contributed by atoms with E-state index in [1.165, 1.54) is 20.8 Å². The van der Waals surface area contributed by atoms with Gasteiger partial charge in [-0.15, -0.1) is 0 Å². The van der Waals surface area contributed by atoms with Crippen LogP contribution in [0, 0.1) is 0 Å². The van der Waals surface area contributed by atoms with Gasteiger partial charge in [-0.1, -0.05) is 0 Å². The lowest BCUT2D eigenvalue weighted by atomic mass is 9.96. The molecule has 0 aromatic carbocycles. The Balaban J connectivity index is 1.47. The van der Waals surface area contributed by atoms with Gasteiger partial charge in [-0.2, -0.15) is 0 Å². The summed E-state index contributed by atoms with van der Waals surface area (Å²) in [5.41, 5.74) is 0. The molecule has 0 aromatic rings. The van der Waals surface area contributed by atoms with E-state index in [9.17, 15) is 56.2 Å². The van der Waals surface area contributed by atoms with Gasteiger partial charge in [0.05, 0.1) is 24.9 Å². The van der Waals surface area contributed by atoms with Crippen molar-refractivity contribution in [2.24, 2.45) is 0 Å². The van der Waals surface area contributed by atoms with Gasteiger partial charge >= 0.3 is 0 Å². The highest BCUT2D eigenvalue weighted by molar-refractivity contribution is 4.96. The Morgan fingerprint density at radius 3 is 1.33 bits per heavy atom. The average Bonchev–Trinajstić information content (AvgIpc) is 2.95. The van der Waals surface area contributed by atoms with E-state index in [0.717, 1.165) is 0 Å². The summed E-state index contributed by atoms with van der Waals surface area (Å²) < 4.78 is 38.3. The minimum Gasteiger partial charge on any atom is -0.394 e. The zero-order valence-corrected chi connectivity index (χ0v) is 23.0. The lowest BCUT2D eigenvalue weighted by Crippen LogP contribution is -2.66. The molecule has 4 rings (SSSR count). The van der Waals surface area contributed by atoms with E-state index < -0.39 is 129 Å². The first-order chi connectivity index (χ1) is 19.7. The van der Waals surface area contributed by atoms with Crippen LogP contribution in [-0.2, 0) is 33.2 Å². The third-order valence-corrected chi connectivity index (χ3v) is 8.09. The van der Waals surface area contributed by atoms with E-state index in [0.29, 0.717) is 0 Å². The van der Waals surface area contributed by atoms with Crippen LogP contribution in [0.5, 0.6) is 0 Å². The van der Waals surface area contributed by atoms with Crippen LogP contribution in [0.1, 0.15) is 20.8 Å². The van der Waals surface area contributed by atoms with Crippen molar-refractivity contribution >= 4 is 0 Å². The summed E-state index contributed by atoms with van der Waals surface area (Å²) in [6.07, 6.45) is -31.1. The fraction of sp³-hybridized carbons (Fsp3) is 1.00. The topological polar surface area (TPSA) is 287 Å². The minimum atomic E-state index is -1.85. The highest BCUT2D eigenvalue weighted by atomic mass is 16.8. The molecule has 18 nitrogen and oxygen atoms in total. The first-order valence-corrected chi connectivity index (χ1v) is 13.7. The zero-order valence-electron chi connectivity index (χ0n) is 23.0. The van der Waals surface area contributed by atoms with Crippen LogP contribution >= 0.6 is 0 Å². The Morgan fingerprint density at radius 1 is 0.429 bits per heavy atom. The second kappa shape index (κ2) is 13.7. The van der Waals surface area contributed by atoms with Gasteiger partial charge in [0.25, 0.3) is 0 Å². The summed E-state index contributed by atoms with van der Waals surface area (Å²) >= 11 is 0. The molecule has 4 fully saturated rings. The predicted octanol–water partition coefficient (Wildman–Crippen LogP) is -6.67. The Morgan fingerprint density at radius 2 is 0.857 bits per heavy atom. The van der Waals surface area contributed by atoms with E-state index in [-0.39, 0.29) is 0 Å². The summed E-state index contributed by atoms with van der Waals surface area (Å²) in [6.45, 7) is 3.47. The molecule has 4 heterocycles. The van der Waals surface area contributed by atoms with Crippen LogP contribution in [0.2, 0.25) is 0 Å².